The number of benzene rings is 2. The van der Waals surface area contributed by atoms with Gasteiger partial charge in [0.2, 0.25) is 5.82 Å². The van der Waals surface area contributed by atoms with Crippen LogP contribution in [0.3, 0.4) is 0 Å². The summed E-state index contributed by atoms with van der Waals surface area (Å²) in [7, 11) is 0. The molecular formula is C22H19ClN6O. The molecule has 0 bridgehead atoms. The lowest BCUT2D eigenvalue weighted by Gasteiger charge is -2.03. The molecule has 8 heteroatoms. The van der Waals surface area contributed by atoms with E-state index in [1.165, 1.54) is 0 Å². The number of hydrogen-bond donors (Lipinski definition) is 1. The fraction of sp³-hybridized carbons (Fsp3) is 0.182. The number of halogens is 1. The van der Waals surface area contributed by atoms with E-state index >= 15 is 0 Å². The Hall–Kier alpha value is -3.45. The lowest BCUT2D eigenvalue weighted by molar-refractivity contribution is 0.0940. The number of para-hydroxylation sites is 1. The molecule has 5 rings (SSSR count). The molecule has 2 aromatic carbocycles. The molecule has 2 aromatic heterocycles. The summed E-state index contributed by atoms with van der Waals surface area (Å²) in [5.41, 5.74) is 2.69. The number of carbonyl (C=O) groups excluding carboxylic acids is 1. The fourth-order valence-corrected chi connectivity index (χ4v) is 3.36. The molecule has 2 heterocycles. The van der Waals surface area contributed by atoms with E-state index in [9.17, 15) is 4.79 Å². The number of hydrogen-bond acceptors (Lipinski definition) is 4. The van der Waals surface area contributed by atoms with Crippen molar-refractivity contribution >= 4 is 17.5 Å². The van der Waals surface area contributed by atoms with Gasteiger partial charge in [0.15, 0.2) is 0 Å². The Kier molecular flexibility index (Phi) is 4.80. The van der Waals surface area contributed by atoms with E-state index in [1.54, 1.807) is 15.6 Å². The average Bonchev–Trinajstić information content (AvgIpc) is 3.34. The van der Waals surface area contributed by atoms with Crippen molar-refractivity contribution in [2.75, 3.05) is 0 Å². The predicted molar refractivity (Wildman–Crippen MR) is 113 cm³/mol. The molecule has 1 aliphatic carbocycles. The molecule has 1 N–H and O–H groups in total. The van der Waals surface area contributed by atoms with Gasteiger partial charge in [-0.15, -0.1) is 5.10 Å². The number of rotatable bonds is 6. The van der Waals surface area contributed by atoms with E-state index in [0.717, 1.165) is 35.6 Å². The van der Waals surface area contributed by atoms with Gasteiger partial charge in [-0.3, -0.25) is 4.79 Å². The zero-order chi connectivity index (χ0) is 20.5. The maximum Gasteiger partial charge on any atom is 0.291 e. The smallest absolute Gasteiger partial charge is 0.291 e. The van der Waals surface area contributed by atoms with Crippen molar-refractivity contribution in [2.45, 2.75) is 25.3 Å². The Balaban J connectivity index is 1.30. The van der Waals surface area contributed by atoms with Gasteiger partial charge in [-0.1, -0.05) is 29.8 Å². The molecular weight excluding hydrogens is 400 g/mol. The Labute approximate surface area is 178 Å². The Bertz CT molecular complexity index is 1180. The topological polar surface area (TPSA) is 77.6 Å². The second kappa shape index (κ2) is 7.76. The van der Waals surface area contributed by atoms with Gasteiger partial charge in [0.25, 0.3) is 5.91 Å². The highest BCUT2D eigenvalue weighted by Crippen LogP contribution is 2.39. The van der Waals surface area contributed by atoms with Crippen LogP contribution in [0.4, 0.5) is 0 Å². The van der Waals surface area contributed by atoms with Crippen molar-refractivity contribution in [3.8, 4) is 11.4 Å². The monoisotopic (exact) mass is 418 g/mol. The van der Waals surface area contributed by atoms with Crippen molar-refractivity contribution < 1.29 is 4.79 Å². The fourth-order valence-electron chi connectivity index (χ4n) is 3.23. The average molecular weight is 419 g/mol. The SMILES string of the molecule is O=C(NCc1cnn(-c2ccc(Cl)cc2)c1)c1nc(C2CC2)n(-c2ccccc2)n1. The van der Waals surface area contributed by atoms with E-state index in [2.05, 4.69) is 20.5 Å². The van der Waals surface area contributed by atoms with Crippen molar-refractivity contribution in [3.63, 3.8) is 0 Å². The zero-order valence-electron chi connectivity index (χ0n) is 16.1. The van der Waals surface area contributed by atoms with E-state index in [-0.39, 0.29) is 11.7 Å². The van der Waals surface area contributed by atoms with Crippen LogP contribution >= 0.6 is 11.6 Å². The molecule has 4 aromatic rings. The number of aromatic nitrogens is 5. The molecule has 0 saturated heterocycles. The summed E-state index contributed by atoms with van der Waals surface area (Å²) in [4.78, 5) is 17.2. The minimum Gasteiger partial charge on any atom is -0.345 e. The van der Waals surface area contributed by atoms with Gasteiger partial charge in [-0.25, -0.2) is 14.3 Å². The number of nitrogens with zero attached hydrogens (tertiary/aromatic N) is 5. The van der Waals surface area contributed by atoms with Crippen molar-refractivity contribution in [1.82, 2.24) is 29.9 Å². The first kappa shape index (κ1) is 18.6. The highest BCUT2D eigenvalue weighted by atomic mass is 35.5. The first-order valence-corrected chi connectivity index (χ1v) is 10.2. The maximum absolute atomic E-state index is 12.7. The molecule has 1 aliphatic rings. The van der Waals surface area contributed by atoms with Crippen LogP contribution in [0, 0.1) is 0 Å². The first-order chi connectivity index (χ1) is 14.7. The highest BCUT2D eigenvalue weighted by Gasteiger charge is 2.31. The summed E-state index contributed by atoms with van der Waals surface area (Å²) < 4.78 is 3.52. The van der Waals surface area contributed by atoms with Crippen molar-refractivity contribution in [3.05, 3.63) is 89.2 Å². The van der Waals surface area contributed by atoms with Gasteiger partial charge in [0.1, 0.15) is 5.82 Å². The van der Waals surface area contributed by atoms with E-state index in [1.807, 2.05) is 60.8 Å². The normalized spacial score (nSPS) is 13.4. The first-order valence-electron chi connectivity index (χ1n) is 9.77. The van der Waals surface area contributed by atoms with Gasteiger partial charge >= 0.3 is 0 Å². The Morgan fingerprint density at radius 2 is 1.83 bits per heavy atom. The van der Waals surface area contributed by atoms with Crippen molar-refractivity contribution in [1.29, 1.82) is 0 Å². The molecule has 1 amide bonds. The van der Waals surface area contributed by atoms with Crippen LogP contribution in [0.2, 0.25) is 5.02 Å². The second-order valence-corrected chi connectivity index (χ2v) is 7.70. The van der Waals surface area contributed by atoms with Crippen LogP contribution in [-0.4, -0.2) is 30.5 Å². The number of nitrogens with one attached hydrogen (secondary N) is 1. The molecule has 150 valence electrons. The summed E-state index contributed by atoms with van der Waals surface area (Å²) in [6.07, 6.45) is 5.75. The van der Waals surface area contributed by atoms with Gasteiger partial charge in [0, 0.05) is 29.2 Å². The maximum atomic E-state index is 12.7. The van der Waals surface area contributed by atoms with Gasteiger partial charge < -0.3 is 5.32 Å². The molecule has 30 heavy (non-hydrogen) atoms. The molecule has 0 aliphatic heterocycles. The van der Waals surface area contributed by atoms with Crippen LogP contribution in [0.1, 0.15) is 40.8 Å². The third-order valence-electron chi connectivity index (χ3n) is 4.96. The Morgan fingerprint density at radius 1 is 1.07 bits per heavy atom. The zero-order valence-corrected chi connectivity index (χ0v) is 16.8. The summed E-state index contributed by atoms with van der Waals surface area (Å²) in [6.45, 7) is 0.338. The van der Waals surface area contributed by atoms with Gasteiger partial charge in [-0.2, -0.15) is 5.10 Å². The quantitative estimate of drug-likeness (QED) is 0.515. The Morgan fingerprint density at radius 3 is 2.57 bits per heavy atom. The van der Waals surface area contributed by atoms with Gasteiger partial charge in [-0.05, 0) is 49.2 Å². The minimum atomic E-state index is -0.300. The van der Waals surface area contributed by atoms with Crippen LogP contribution in [0.5, 0.6) is 0 Å². The molecule has 0 spiro atoms. The second-order valence-electron chi connectivity index (χ2n) is 7.27. The standard InChI is InChI=1S/C22H19ClN6O/c23-17-8-10-18(11-9-17)28-14-15(13-25-28)12-24-22(30)20-26-21(16-6-7-16)29(27-20)19-4-2-1-3-5-19/h1-5,8-11,13-14,16H,6-7,12H2,(H,24,30). The number of amides is 1. The summed E-state index contributed by atoms with van der Waals surface area (Å²) in [6, 6.07) is 17.2. The van der Waals surface area contributed by atoms with E-state index in [0.29, 0.717) is 17.5 Å². The highest BCUT2D eigenvalue weighted by molar-refractivity contribution is 6.30. The number of carbonyl (C=O) groups is 1. The third-order valence-corrected chi connectivity index (χ3v) is 5.21. The van der Waals surface area contributed by atoms with Crippen LogP contribution in [-0.2, 0) is 6.54 Å². The van der Waals surface area contributed by atoms with E-state index < -0.39 is 0 Å². The third kappa shape index (κ3) is 3.84. The lowest BCUT2D eigenvalue weighted by Crippen LogP contribution is -2.24. The van der Waals surface area contributed by atoms with Crippen LogP contribution < -0.4 is 5.32 Å². The summed E-state index contributed by atoms with van der Waals surface area (Å²) in [5, 5.41) is 12.4. The summed E-state index contributed by atoms with van der Waals surface area (Å²) >= 11 is 5.93. The minimum absolute atomic E-state index is 0.186. The van der Waals surface area contributed by atoms with Crippen LogP contribution in [0.15, 0.2) is 67.0 Å². The molecule has 1 saturated carbocycles. The molecule has 7 nitrogen and oxygen atoms in total. The van der Waals surface area contributed by atoms with Crippen molar-refractivity contribution in [2.24, 2.45) is 0 Å². The molecule has 0 unspecified atom stereocenters. The van der Waals surface area contributed by atoms with Gasteiger partial charge in [0.05, 0.1) is 17.6 Å². The molecule has 0 radical (unpaired) electrons. The van der Waals surface area contributed by atoms with E-state index in [4.69, 9.17) is 11.6 Å². The summed E-state index contributed by atoms with van der Waals surface area (Å²) in [5.74, 6) is 1.11. The lowest BCUT2D eigenvalue weighted by atomic mass is 10.3. The molecule has 0 atom stereocenters. The molecule has 1 fully saturated rings. The van der Waals surface area contributed by atoms with Crippen LogP contribution in [0.25, 0.3) is 11.4 Å². The predicted octanol–water partition coefficient (Wildman–Crippen LogP) is 3.91. The largest absolute Gasteiger partial charge is 0.345 e.